The standard InChI is InChI=1S/C17H13N3.ClH/c1-20-15-10-9-12-6-2-3-7-13(12)16(15)19-17(20)14-8-4-5-11-18-14;/h2-11H,1H3;1H. The van der Waals surface area contributed by atoms with Gasteiger partial charge in [0.25, 0.3) is 0 Å². The summed E-state index contributed by atoms with van der Waals surface area (Å²) in [5, 5.41) is 2.40. The van der Waals surface area contributed by atoms with E-state index in [1.165, 1.54) is 10.8 Å². The van der Waals surface area contributed by atoms with E-state index in [0.717, 1.165) is 22.6 Å². The van der Waals surface area contributed by atoms with E-state index in [0.29, 0.717) is 0 Å². The molecule has 4 rings (SSSR count). The number of fused-ring (bicyclic) bond motifs is 3. The second-order valence-electron chi connectivity index (χ2n) is 4.86. The largest absolute Gasteiger partial charge is 0.326 e. The molecule has 0 saturated carbocycles. The van der Waals surface area contributed by atoms with Crippen molar-refractivity contribution in [1.82, 2.24) is 14.5 Å². The molecule has 2 heterocycles. The summed E-state index contributed by atoms with van der Waals surface area (Å²) in [6, 6.07) is 18.5. The highest BCUT2D eigenvalue weighted by Gasteiger charge is 2.12. The average Bonchev–Trinajstić information content (AvgIpc) is 2.86. The van der Waals surface area contributed by atoms with Crippen LogP contribution in [0.4, 0.5) is 0 Å². The lowest BCUT2D eigenvalue weighted by molar-refractivity contribution is 0.950. The summed E-state index contributed by atoms with van der Waals surface area (Å²) in [5.41, 5.74) is 3.06. The molecule has 0 aliphatic carbocycles. The van der Waals surface area contributed by atoms with Crippen LogP contribution in [0.1, 0.15) is 0 Å². The fourth-order valence-corrected chi connectivity index (χ4v) is 2.65. The Labute approximate surface area is 128 Å². The lowest BCUT2D eigenvalue weighted by atomic mass is 10.1. The quantitative estimate of drug-likeness (QED) is 0.526. The Morgan fingerprint density at radius 1 is 0.905 bits per heavy atom. The third kappa shape index (κ3) is 2.06. The number of imidazole rings is 1. The van der Waals surface area contributed by atoms with Crippen molar-refractivity contribution in [2.45, 2.75) is 0 Å². The summed E-state index contributed by atoms with van der Waals surface area (Å²) in [6.45, 7) is 0. The van der Waals surface area contributed by atoms with Crippen molar-refractivity contribution >= 4 is 34.2 Å². The first kappa shape index (κ1) is 13.6. The number of aromatic nitrogens is 3. The second kappa shape index (κ2) is 5.19. The number of hydrogen-bond acceptors (Lipinski definition) is 2. The van der Waals surface area contributed by atoms with Gasteiger partial charge in [-0.3, -0.25) is 4.98 Å². The van der Waals surface area contributed by atoms with Crippen molar-refractivity contribution < 1.29 is 0 Å². The molecule has 2 aromatic carbocycles. The summed E-state index contributed by atoms with van der Waals surface area (Å²) in [6.07, 6.45) is 1.80. The first-order valence-corrected chi connectivity index (χ1v) is 6.60. The van der Waals surface area contributed by atoms with Crippen molar-refractivity contribution in [3.05, 3.63) is 60.8 Å². The van der Waals surface area contributed by atoms with Crippen LogP contribution in [0.5, 0.6) is 0 Å². The highest BCUT2D eigenvalue weighted by atomic mass is 35.5. The SMILES string of the molecule is Cl.Cn1c(-c2ccccn2)nc2c3ccccc3ccc21. The van der Waals surface area contributed by atoms with Gasteiger partial charge in [-0.25, -0.2) is 4.98 Å². The van der Waals surface area contributed by atoms with Gasteiger partial charge in [0.2, 0.25) is 0 Å². The van der Waals surface area contributed by atoms with E-state index in [4.69, 9.17) is 4.98 Å². The molecule has 0 aliphatic heterocycles. The fourth-order valence-electron chi connectivity index (χ4n) is 2.65. The van der Waals surface area contributed by atoms with Crippen molar-refractivity contribution in [3.8, 4) is 11.5 Å². The Morgan fingerprint density at radius 2 is 1.71 bits per heavy atom. The van der Waals surface area contributed by atoms with Gasteiger partial charge >= 0.3 is 0 Å². The molecule has 0 fully saturated rings. The maximum absolute atomic E-state index is 4.81. The van der Waals surface area contributed by atoms with Crippen LogP contribution in [0.15, 0.2) is 60.8 Å². The molecule has 0 aliphatic rings. The minimum atomic E-state index is 0. The van der Waals surface area contributed by atoms with Crippen LogP contribution in [0.2, 0.25) is 0 Å². The summed E-state index contributed by atoms with van der Waals surface area (Å²) < 4.78 is 2.10. The van der Waals surface area contributed by atoms with Crippen LogP contribution in [-0.4, -0.2) is 14.5 Å². The van der Waals surface area contributed by atoms with E-state index in [2.05, 4.69) is 45.9 Å². The summed E-state index contributed by atoms with van der Waals surface area (Å²) in [4.78, 5) is 9.21. The molecule has 0 bridgehead atoms. The predicted molar refractivity (Wildman–Crippen MR) is 88.7 cm³/mol. The maximum Gasteiger partial charge on any atom is 0.159 e. The van der Waals surface area contributed by atoms with E-state index in [1.54, 1.807) is 6.20 Å². The molecule has 0 radical (unpaired) electrons. The highest BCUT2D eigenvalue weighted by molar-refractivity contribution is 6.05. The number of hydrogen-bond donors (Lipinski definition) is 0. The summed E-state index contributed by atoms with van der Waals surface area (Å²) >= 11 is 0. The molecule has 0 amide bonds. The molecule has 104 valence electrons. The molecule has 3 nitrogen and oxygen atoms in total. The number of rotatable bonds is 1. The molecule has 0 N–H and O–H groups in total. The first-order chi connectivity index (χ1) is 9.84. The smallest absolute Gasteiger partial charge is 0.159 e. The van der Waals surface area contributed by atoms with Crippen LogP contribution < -0.4 is 0 Å². The molecular formula is C17H14ClN3. The van der Waals surface area contributed by atoms with Crippen LogP contribution >= 0.6 is 12.4 Å². The lowest BCUT2D eigenvalue weighted by Crippen LogP contribution is -1.93. The van der Waals surface area contributed by atoms with Crippen molar-refractivity contribution in [1.29, 1.82) is 0 Å². The van der Waals surface area contributed by atoms with Gasteiger partial charge < -0.3 is 4.57 Å². The Balaban J connectivity index is 0.00000132. The summed E-state index contributed by atoms with van der Waals surface area (Å²) in [5.74, 6) is 0.900. The molecule has 0 atom stereocenters. The van der Waals surface area contributed by atoms with Crippen LogP contribution in [0, 0.1) is 0 Å². The lowest BCUT2D eigenvalue weighted by Gasteiger charge is -2.01. The number of halogens is 1. The van der Waals surface area contributed by atoms with E-state index in [1.807, 2.05) is 25.2 Å². The molecule has 4 heteroatoms. The van der Waals surface area contributed by atoms with Gasteiger partial charge in [0, 0.05) is 18.6 Å². The first-order valence-electron chi connectivity index (χ1n) is 6.60. The second-order valence-corrected chi connectivity index (χ2v) is 4.86. The third-order valence-electron chi connectivity index (χ3n) is 3.67. The van der Waals surface area contributed by atoms with E-state index in [9.17, 15) is 0 Å². The normalized spacial score (nSPS) is 10.7. The van der Waals surface area contributed by atoms with Crippen LogP contribution in [0.3, 0.4) is 0 Å². The molecule has 0 saturated heterocycles. The molecule has 0 unspecified atom stereocenters. The zero-order valence-corrected chi connectivity index (χ0v) is 12.3. The van der Waals surface area contributed by atoms with Gasteiger partial charge in [0.1, 0.15) is 5.69 Å². The van der Waals surface area contributed by atoms with E-state index >= 15 is 0 Å². The number of aryl methyl sites for hydroxylation is 1. The molecule has 0 spiro atoms. The monoisotopic (exact) mass is 295 g/mol. The molecule has 2 aromatic heterocycles. The van der Waals surface area contributed by atoms with Gasteiger partial charge in [-0.15, -0.1) is 12.4 Å². The Hall–Kier alpha value is -2.39. The number of nitrogens with zero attached hydrogens (tertiary/aromatic N) is 3. The maximum atomic E-state index is 4.81. The number of benzene rings is 2. The van der Waals surface area contributed by atoms with Gasteiger partial charge in [0.15, 0.2) is 5.82 Å². The highest BCUT2D eigenvalue weighted by Crippen LogP contribution is 2.28. The van der Waals surface area contributed by atoms with Crippen molar-refractivity contribution in [2.75, 3.05) is 0 Å². The topological polar surface area (TPSA) is 30.7 Å². The minimum absolute atomic E-state index is 0. The minimum Gasteiger partial charge on any atom is -0.326 e. The van der Waals surface area contributed by atoms with Crippen molar-refractivity contribution in [2.24, 2.45) is 7.05 Å². The Morgan fingerprint density at radius 3 is 2.52 bits per heavy atom. The zero-order valence-electron chi connectivity index (χ0n) is 11.5. The zero-order chi connectivity index (χ0) is 13.5. The third-order valence-corrected chi connectivity index (χ3v) is 3.67. The van der Waals surface area contributed by atoms with Crippen molar-refractivity contribution in [3.63, 3.8) is 0 Å². The molecule has 21 heavy (non-hydrogen) atoms. The van der Waals surface area contributed by atoms with Gasteiger partial charge in [-0.05, 0) is 23.6 Å². The average molecular weight is 296 g/mol. The van der Waals surface area contributed by atoms with Gasteiger partial charge in [0.05, 0.1) is 11.0 Å². The molecule has 4 aromatic rings. The van der Waals surface area contributed by atoms with E-state index in [-0.39, 0.29) is 12.4 Å². The summed E-state index contributed by atoms with van der Waals surface area (Å²) in [7, 11) is 2.04. The van der Waals surface area contributed by atoms with Gasteiger partial charge in [-0.2, -0.15) is 0 Å². The fraction of sp³-hybridized carbons (Fsp3) is 0.0588. The predicted octanol–water partition coefficient (Wildman–Crippen LogP) is 4.21. The van der Waals surface area contributed by atoms with E-state index < -0.39 is 0 Å². The number of pyridine rings is 1. The Bertz CT molecular complexity index is 913. The van der Waals surface area contributed by atoms with Crippen LogP contribution in [-0.2, 0) is 7.05 Å². The molecular weight excluding hydrogens is 282 g/mol. The Kier molecular flexibility index (Phi) is 3.35. The van der Waals surface area contributed by atoms with Gasteiger partial charge in [-0.1, -0.05) is 36.4 Å². The van der Waals surface area contributed by atoms with Crippen LogP contribution in [0.25, 0.3) is 33.3 Å².